The Labute approximate surface area is 103 Å². The Morgan fingerprint density at radius 3 is 2.67 bits per heavy atom. The van der Waals surface area contributed by atoms with E-state index in [1.54, 1.807) is 0 Å². The lowest BCUT2D eigenvalue weighted by atomic mass is 9.98. The number of rotatable bonds is 2. The van der Waals surface area contributed by atoms with Crippen LogP contribution in [0.4, 0.5) is 0 Å². The Morgan fingerprint density at radius 2 is 2.06 bits per heavy atom. The maximum absolute atomic E-state index is 12.3. The van der Waals surface area contributed by atoms with Gasteiger partial charge in [0.05, 0.1) is 12.0 Å². The van der Waals surface area contributed by atoms with Gasteiger partial charge in [-0.2, -0.15) is 0 Å². The fraction of sp³-hybridized carbons (Fsp3) is 0.462. The van der Waals surface area contributed by atoms with Crippen molar-refractivity contribution >= 4 is 11.8 Å². The maximum atomic E-state index is 12.3. The van der Waals surface area contributed by atoms with Crippen LogP contribution in [0.15, 0.2) is 15.3 Å². The number of imide groups is 1. The number of aryl methyl sites for hydroxylation is 1. The molecule has 0 atom stereocenters. The van der Waals surface area contributed by atoms with Crippen molar-refractivity contribution in [1.29, 1.82) is 0 Å². The molecule has 0 radical (unpaired) electrons. The van der Waals surface area contributed by atoms with E-state index < -0.39 is 5.63 Å². The molecule has 1 fully saturated rings. The van der Waals surface area contributed by atoms with Crippen molar-refractivity contribution in [3.8, 4) is 0 Å². The van der Waals surface area contributed by atoms with Gasteiger partial charge in [-0.25, -0.2) is 4.79 Å². The van der Waals surface area contributed by atoms with E-state index in [4.69, 9.17) is 4.42 Å². The van der Waals surface area contributed by atoms with Crippen LogP contribution < -0.4 is 5.63 Å². The molecule has 3 rings (SSSR count). The second kappa shape index (κ2) is 3.80. The Bertz CT molecular complexity index is 597. The lowest BCUT2D eigenvalue weighted by Crippen LogP contribution is -2.44. The smallest absolute Gasteiger partial charge is 0.336 e. The Morgan fingerprint density at radius 1 is 1.33 bits per heavy atom. The molecular formula is C13H13NO4. The first kappa shape index (κ1) is 11.2. The number of fused-ring (bicyclic) bond motifs is 1. The molecular weight excluding hydrogens is 234 g/mol. The van der Waals surface area contributed by atoms with E-state index in [2.05, 4.69) is 0 Å². The zero-order valence-corrected chi connectivity index (χ0v) is 10.1. The van der Waals surface area contributed by atoms with Crippen LogP contribution in [-0.2, 0) is 17.6 Å². The monoisotopic (exact) mass is 247 g/mol. The summed E-state index contributed by atoms with van der Waals surface area (Å²) in [5.41, 5.74) is 0.596. The summed E-state index contributed by atoms with van der Waals surface area (Å²) in [6.45, 7) is 1.88. The predicted molar refractivity (Wildman–Crippen MR) is 62.3 cm³/mol. The molecule has 2 amide bonds. The van der Waals surface area contributed by atoms with Gasteiger partial charge >= 0.3 is 5.63 Å². The predicted octanol–water partition coefficient (Wildman–Crippen LogP) is 0.890. The van der Waals surface area contributed by atoms with Crippen LogP contribution in [0.3, 0.4) is 0 Å². The van der Waals surface area contributed by atoms with E-state index in [1.807, 2.05) is 6.92 Å². The Kier molecular flexibility index (Phi) is 2.36. The average Bonchev–Trinajstić information content (AvgIpc) is 3.11. The highest BCUT2D eigenvalue weighted by Crippen LogP contribution is 2.33. The lowest BCUT2D eigenvalue weighted by Gasteiger charge is -2.26. The fourth-order valence-corrected chi connectivity index (χ4v) is 2.41. The molecule has 2 aliphatic rings. The number of carbonyl (C=O) groups excluding carboxylic acids is 2. The van der Waals surface area contributed by atoms with Gasteiger partial charge in [0.2, 0.25) is 5.91 Å². The number of hydrogen-bond donors (Lipinski definition) is 0. The molecule has 5 heteroatoms. The molecule has 0 spiro atoms. The molecule has 1 aliphatic heterocycles. The first-order valence-corrected chi connectivity index (χ1v) is 6.14. The summed E-state index contributed by atoms with van der Waals surface area (Å²) in [6, 6.07) is 1.40. The summed E-state index contributed by atoms with van der Waals surface area (Å²) >= 11 is 0. The summed E-state index contributed by atoms with van der Waals surface area (Å²) in [7, 11) is 0. The first-order valence-electron chi connectivity index (χ1n) is 6.14. The van der Waals surface area contributed by atoms with Gasteiger partial charge in [-0.05, 0) is 24.8 Å². The van der Waals surface area contributed by atoms with Gasteiger partial charge in [-0.1, -0.05) is 6.92 Å². The lowest BCUT2D eigenvalue weighted by molar-refractivity contribution is -0.129. The quantitative estimate of drug-likeness (QED) is 0.728. The first-order chi connectivity index (χ1) is 8.61. The molecule has 0 saturated heterocycles. The molecule has 18 heavy (non-hydrogen) atoms. The summed E-state index contributed by atoms with van der Waals surface area (Å²) in [6.07, 6.45) is 2.35. The third-order valence-corrected chi connectivity index (χ3v) is 3.42. The van der Waals surface area contributed by atoms with Crippen molar-refractivity contribution in [1.82, 2.24) is 4.90 Å². The number of amides is 2. The van der Waals surface area contributed by atoms with Gasteiger partial charge in [0.1, 0.15) is 5.76 Å². The van der Waals surface area contributed by atoms with E-state index in [1.165, 1.54) is 11.0 Å². The highest BCUT2D eigenvalue weighted by molar-refractivity contribution is 6.10. The molecule has 5 nitrogen and oxygen atoms in total. The molecule has 0 aromatic carbocycles. The van der Waals surface area contributed by atoms with Crippen molar-refractivity contribution in [2.75, 3.05) is 0 Å². The summed E-state index contributed by atoms with van der Waals surface area (Å²) in [5, 5.41) is 0. The van der Waals surface area contributed by atoms with Crippen LogP contribution in [0.5, 0.6) is 0 Å². The van der Waals surface area contributed by atoms with Gasteiger partial charge in [0.25, 0.3) is 5.91 Å². The van der Waals surface area contributed by atoms with Crippen molar-refractivity contribution in [2.24, 2.45) is 0 Å². The molecule has 2 heterocycles. The standard InChI is InChI=1S/C13H13NO4/c1-2-7-5-11(16)18-9-6-10(15)14(8-3-4-8)13(17)12(7)9/h5,8H,2-4,6H2,1H3. The number of carbonyl (C=O) groups is 2. The van der Waals surface area contributed by atoms with Crippen LogP contribution in [0.2, 0.25) is 0 Å². The minimum atomic E-state index is -0.494. The highest BCUT2D eigenvalue weighted by atomic mass is 16.4. The topological polar surface area (TPSA) is 67.6 Å². The third-order valence-electron chi connectivity index (χ3n) is 3.42. The second-order valence-corrected chi connectivity index (χ2v) is 4.72. The maximum Gasteiger partial charge on any atom is 0.336 e. The van der Waals surface area contributed by atoms with E-state index in [0.29, 0.717) is 17.5 Å². The summed E-state index contributed by atoms with van der Waals surface area (Å²) in [5.74, 6) is -0.331. The van der Waals surface area contributed by atoms with Crippen LogP contribution >= 0.6 is 0 Å². The Balaban J connectivity index is 2.15. The average molecular weight is 247 g/mol. The molecule has 0 unspecified atom stereocenters. The van der Waals surface area contributed by atoms with Crippen LogP contribution in [-0.4, -0.2) is 22.8 Å². The Hall–Kier alpha value is -1.91. The minimum Gasteiger partial charge on any atom is -0.426 e. The molecule has 1 saturated carbocycles. The molecule has 94 valence electrons. The van der Waals surface area contributed by atoms with Crippen LogP contribution in [0.25, 0.3) is 0 Å². The minimum absolute atomic E-state index is 0.0145. The van der Waals surface area contributed by atoms with Crippen molar-refractivity contribution < 1.29 is 14.0 Å². The van der Waals surface area contributed by atoms with Crippen LogP contribution in [0.1, 0.15) is 41.4 Å². The highest BCUT2D eigenvalue weighted by Gasteiger charge is 2.42. The number of nitrogens with zero attached hydrogens (tertiary/aromatic N) is 1. The van der Waals surface area contributed by atoms with Crippen LogP contribution in [0, 0.1) is 0 Å². The van der Waals surface area contributed by atoms with E-state index in [-0.39, 0.29) is 30.0 Å². The molecule has 1 aliphatic carbocycles. The van der Waals surface area contributed by atoms with Gasteiger partial charge in [0, 0.05) is 12.1 Å². The largest absolute Gasteiger partial charge is 0.426 e. The third kappa shape index (κ3) is 1.58. The SMILES string of the molecule is CCc1cc(=O)oc2c1C(=O)N(C1CC1)C(=O)C2. The van der Waals surface area contributed by atoms with Gasteiger partial charge in [0.15, 0.2) is 0 Å². The molecule has 0 bridgehead atoms. The normalized spacial score (nSPS) is 19.1. The molecule has 0 N–H and O–H groups in total. The number of hydrogen-bond acceptors (Lipinski definition) is 4. The summed E-state index contributed by atoms with van der Waals surface area (Å²) in [4.78, 5) is 36.9. The van der Waals surface area contributed by atoms with E-state index in [9.17, 15) is 14.4 Å². The van der Waals surface area contributed by atoms with Crippen molar-refractivity contribution in [3.63, 3.8) is 0 Å². The van der Waals surface area contributed by atoms with E-state index in [0.717, 1.165) is 12.8 Å². The van der Waals surface area contributed by atoms with Gasteiger partial charge < -0.3 is 4.42 Å². The second-order valence-electron chi connectivity index (χ2n) is 4.72. The van der Waals surface area contributed by atoms with Crippen molar-refractivity contribution in [3.05, 3.63) is 33.4 Å². The van der Waals surface area contributed by atoms with Gasteiger partial charge in [-0.15, -0.1) is 0 Å². The molecule has 1 aromatic heterocycles. The van der Waals surface area contributed by atoms with Gasteiger partial charge in [-0.3, -0.25) is 14.5 Å². The molecule has 1 aromatic rings. The fourth-order valence-electron chi connectivity index (χ4n) is 2.41. The summed E-state index contributed by atoms with van der Waals surface area (Å²) < 4.78 is 5.01. The van der Waals surface area contributed by atoms with Crippen molar-refractivity contribution in [2.45, 2.75) is 38.6 Å². The van der Waals surface area contributed by atoms with E-state index >= 15 is 0 Å². The zero-order chi connectivity index (χ0) is 12.9. The zero-order valence-electron chi connectivity index (χ0n) is 10.1.